The Bertz CT molecular complexity index is 435. The van der Waals surface area contributed by atoms with Crippen LogP contribution >= 0.6 is 0 Å². The van der Waals surface area contributed by atoms with Gasteiger partial charge in [0.1, 0.15) is 13.2 Å². The van der Waals surface area contributed by atoms with Crippen LogP contribution in [0.1, 0.15) is 82.7 Å². The SMILES string of the molecule is CCCCCCCCCCCCO[n+]1c(C)[nH]c(NN)c1COC. The summed E-state index contributed by atoms with van der Waals surface area (Å²) in [5, 5.41) is 0. The summed E-state index contributed by atoms with van der Waals surface area (Å²) in [6.45, 7) is 5.38. The van der Waals surface area contributed by atoms with Crippen molar-refractivity contribution >= 4 is 5.82 Å². The number of anilines is 1. The van der Waals surface area contributed by atoms with Gasteiger partial charge in [-0.05, 0) is 17.6 Å². The third kappa shape index (κ3) is 7.53. The molecule has 24 heavy (non-hydrogen) atoms. The number of aryl methyl sites for hydroxylation is 1. The first kappa shape index (κ1) is 20.8. The number of aromatic amines is 1. The van der Waals surface area contributed by atoms with Crippen LogP contribution in [0.3, 0.4) is 0 Å². The molecular weight excluding hydrogens is 304 g/mol. The molecule has 0 radical (unpaired) electrons. The number of nitrogen functional groups attached to an aromatic ring is 1. The zero-order chi connectivity index (χ0) is 17.6. The van der Waals surface area contributed by atoms with Gasteiger partial charge in [-0.2, -0.15) is 0 Å². The molecule has 140 valence electrons. The summed E-state index contributed by atoms with van der Waals surface area (Å²) >= 11 is 0. The number of methoxy groups -OCH3 is 1. The Hall–Kier alpha value is -1.27. The molecule has 1 aromatic heterocycles. The van der Waals surface area contributed by atoms with Crippen LogP contribution in [0.5, 0.6) is 0 Å². The fraction of sp³-hybridized carbons (Fsp3) is 0.833. The smallest absolute Gasteiger partial charge is 0.293 e. The van der Waals surface area contributed by atoms with E-state index in [1.165, 1.54) is 57.8 Å². The second-order valence-corrected chi connectivity index (χ2v) is 6.42. The van der Waals surface area contributed by atoms with Crippen molar-refractivity contribution in [2.24, 2.45) is 5.84 Å². The van der Waals surface area contributed by atoms with E-state index < -0.39 is 0 Å². The largest absolute Gasteiger partial charge is 0.376 e. The summed E-state index contributed by atoms with van der Waals surface area (Å²) in [5.74, 6) is 7.16. The van der Waals surface area contributed by atoms with Crippen LogP contribution < -0.4 is 20.8 Å². The number of H-pyrrole nitrogens is 1. The Morgan fingerprint density at radius 3 is 2.12 bits per heavy atom. The van der Waals surface area contributed by atoms with Crippen LogP contribution in [0.25, 0.3) is 0 Å². The highest BCUT2D eigenvalue weighted by Gasteiger charge is 2.23. The molecule has 0 aliphatic heterocycles. The minimum atomic E-state index is 0.446. The monoisotopic (exact) mass is 341 g/mol. The van der Waals surface area contributed by atoms with Gasteiger partial charge < -0.3 is 9.57 Å². The fourth-order valence-corrected chi connectivity index (χ4v) is 2.91. The summed E-state index contributed by atoms with van der Waals surface area (Å²) in [6.07, 6.45) is 13.2. The van der Waals surface area contributed by atoms with Crippen LogP contribution in [0, 0.1) is 6.92 Å². The van der Waals surface area contributed by atoms with Gasteiger partial charge in [0, 0.05) is 14.0 Å². The van der Waals surface area contributed by atoms with Crippen LogP contribution in [0.4, 0.5) is 5.82 Å². The van der Waals surface area contributed by atoms with E-state index in [1.807, 2.05) is 6.92 Å². The number of ether oxygens (including phenoxy) is 1. The lowest BCUT2D eigenvalue weighted by molar-refractivity contribution is -0.900. The van der Waals surface area contributed by atoms with Crippen LogP contribution in [0.15, 0.2) is 0 Å². The van der Waals surface area contributed by atoms with Gasteiger partial charge in [0.2, 0.25) is 5.69 Å². The number of hydrazine groups is 1. The molecule has 1 rings (SSSR count). The van der Waals surface area contributed by atoms with Gasteiger partial charge >= 0.3 is 0 Å². The number of aromatic nitrogens is 2. The molecule has 1 aromatic rings. The number of rotatable bonds is 15. The predicted octanol–water partition coefficient (Wildman–Crippen LogP) is 3.39. The van der Waals surface area contributed by atoms with E-state index in [0.717, 1.165) is 23.8 Å². The molecule has 0 unspecified atom stereocenters. The van der Waals surface area contributed by atoms with Crippen molar-refractivity contribution in [2.45, 2.75) is 84.7 Å². The van der Waals surface area contributed by atoms with E-state index in [2.05, 4.69) is 17.3 Å². The topological polar surface area (TPSA) is 76.2 Å². The number of nitrogens with two attached hydrogens (primary N) is 1. The maximum Gasteiger partial charge on any atom is 0.293 e. The third-order valence-electron chi connectivity index (χ3n) is 4.29. The van der Waals surface area contributed by atoms with Crippen LogP contribution in [-0.4, -0.2) is 18.7 Å². The average molecular weight is 342 g/mol. The Morgan fingerprint density at radius 2 is 1.58 bits per heavy atom. The van der Waals surface area contributed by atoms with E-state index >= 15 is 0 Å². The summed E-state index contributed by atoms with van der Waals surface area (Å²) in [7, 11) is 1.66. The van der Waals surface area contributed by atoms with Crippen molar-refractivity contribution in [1.82, 2.24) is 4.98 Å². The van der Waals surface area contributed by atoms with Gasteiger partial charge in [0.25, 0.3) is 11.6 Å². The van der Waals surface area contributed by atoms with E-state index in [9.17, 15) is 0 Å². The molecule has 6 nitrogen and oxygen atoms in total. The zero-order valence-corrected chi connectivity index (χ0v) is 15.8. The molecule has 0 saturated heterocycles. The quantitative estimate of drug-likeness (QED) is 0.198. The van der Waals surface area contributed by atoms with E-state index in [-0.39, 0.29) is 0 Å². The Balaban J connectivity index is 2.14. The molecule has 6 heteroatoms. The van der Waals surface area contributed by atoms with Gasteiger partial charge in [-0.3, -0.25) is 5.43 Å². The first-order valence-electron chi connectivity index (χ1n) is 9.46. The number of imidazole rings is 1. The van der Waals surface area contributed by atoms with E-state index in [4.69, 9.17) is 15.4 Å². The number of hydrogen-bond acceptors (Lipinski definition) is 4. The van der Waals surface area contributed by atoms with Crippen molar-refractivity contribution in [3.63, 3.8) is 0 Å². The molecule has 0 aliphatic rings. The van der Waals surface area contributed by atoms with Gasteiger partial charge in [-0.25, -0.2) is 10.8 Å². The average Bonchev–Trinajstić information content (AvgIpc) is 2.88. The molecule has 0 saturated carbocycles. The van der Waals surface area contributed by atoms with Crippen molar-refractivity contribution < 1.29 is 14.3 Å². The number of hydrogen-bond donors (Lipinski definition) is 3. The fourth-order valence-electron chi connectivity index (χ4n) is 2.91. The summed E-state index contributed by atoms with van der Waals surface area (Å²) in [4.78, 5) is 9.04. The zero-order valence-electron chi connectivity index (χ0n) is 15.8. The minimum absolute atomic E-state index is 0.446. The molecule has 0 aliphatic carbocycles. The summed E-state index contributed by atoms with van der Waals surface area (Å²) in [5.41, 5.74) is 3.53. The number of nitrogens with one attached hydrogen (secondary N) is 2. The highest BCUT2D eigenvalue weighted by Crippen LogP contribution is 2.11. The second-order valence-electron chi connectivity index (χ2n) is 6.42. The highest BCUT2D eigenvalue weighted by atomic mass is 16.7. The lowest BCUT2D eigenvalue weighted by Gasteiger charge is -2.05. The van der Waals surface area contributed by atoms with Crippen LogP contribution in [-0.2, 0) is 11.3 Å². The first-order chi connectivity index (χ1) is 11.7. The predicted molar refractivity (Wildman–Crippen MR) is 97.5 cm³/mol. The Kier molecular flexibility index (Phi) is 11.3. The number of unbranched alkanes of at least 4 members (excludes halogenated alkanes) is 9. The Morgan fingerprint density at radius 1 is 1.00 bits per heavy atom. The molecule has 4 N–H and O–H groups in total. The summed E-state index contributed by atoms with van der Waals surface area (Å²) < 4.78 is 7.00. The molecule has 0 aromatic carbocycles. The van der Waals surface area contributed by atoms with Crippen molar-refractivity contribution in [3.05, 3.63) is 11.5 Å². The van der Waals surface area contributed by atoms with E-state index in [0.29, 0.717) is 13.2 Å². The molecule has 1 heterocycles. The van der Waals surface area contributed by atoms with Gasteiger partial charge in [0.15, 0.2) is 0 Å². The minimum Gasteiger partial charge on any atom is -0.376 e. The van der Waals surface area contributed by atoms with Gasteiger partial charge in [0.05, 0.1) is 0 Å². The van der Waals surface area contributed by atoms with E-state index in [1.54, 1.807) is 11.8 Å². The summed E-state index contributed by atoms with van der Waals surface area (Å²) in [6, 6.07) is 0. The standard InChI is InChI=1S/C18H36N4O2/c1-4-5-6-7-8-9-10-11-12-13-14-24-22-16(2)20-18(21-19)17(22)15-23-3/h21H,4-15,19H2,1-3H3/p+1. The normalized spacial score (nSPS) is 11.0. The van der Waals surface area contributed by atoms with Gasteiger partial charge in [-0.15, -0.1) is 0 Å². The molecule has 0 bridgehead atoms. The van der Waals surface area contributed by atoms with Crippen LogP contribution in [0.2, 0.25) is 0 Å². The number of nitrogens with zero attached hydrogens (tertiary/aromatic N) is 1. The molecule has 0 fully saturated rings. The molecule has 0 atom stereocenters. The first-order valence-corrected chi connectivity index (χ1v) is 9.46. The lowest BCUT2D eigenvalue weighted by atomic mass is 10.1. The highest BCUT2D eigenvalue weighted by molar-refractivity contribution is 5.35. The molecule has 0 amide bonds. The van der Waals surface area contributed by atoms with Gasteiger partial charge in [-0.1, -0.05) is 58.3 Å². The lowest BCUT2D eigenvalue weighted by Crippen LogP contribution is -2.47. The third-order valence-corrected chi connectivity index (χ3v) is 4.29. The van der Waals surface area contributed by atoms with Crippen molar-refractivity contribution in [1.29, 1.82) is 0 Å². The van der Waals surface area contributed by atoms with Crippen molar-refractivity contribution in [3.8, 4) is 0 Å². The molecule has 0 spiro atoms. The second kappa shape index (κ2) is 13.1. The Labute approximate surface area is 147 Å². The molecular formula is C18H37N4O2+. The maximum absolute atomic E-state index is 5.88. The van der Waals surface area contributed by atoms with Crippen molar-refractivity contribution in [2.75, 3.05) is 19.1 Å². The maximum atomic E-state index is 5.88.